The van der Waals surface area contributed by atoms with Crippen LogP contribution in [0.4, 0.5) is 0 Å². The molecule has 0 atom stereocenters. The van der Waals surface area contributed by atoms with Crippen molar-refractivity contribution < 1.29 is 17.9 Å². The zero-order chi connectivity index (χ0) is 21.0. The molecule has 1 saturated heterocycles. The number of benzene rings is 1. The Morgan fingerprint density at radius 1 is 1.10 bits per heavy atom. The Kier molecular flexibility index (Phi) is 10.4. The fraction of sp³-hybridized carbons (Fsp3) is 0.650. The lowest BCUT2D eigenvalue weighted by Crippen LogP contribution is -2.38. The minimum Gasteiger partial charge on any atom is -0.382 e. The molecule has 2 rings (SSSR count). The summed E-state index contributed by atoms with van der Waals surface area (Å²) in [5, 5.41) is 6.49. The van der Waals surface area contributed by atoms with E-state index in [-0.39, 0.29) is 0 Å². The maximum Gasteiger partial charge on any atom is 0.243 e. The van der Waals surface area contributed by atoms with Gasteiger partial charge in [0.2, 0.25) is 10.0 Å². The summed E-state index contributed by atoms with van der Waals surface area (Å²) in [6, 6.07) is 7.02. The first-order valence-corrected chi connectivity index (χ1v) is 11.7. The number of methoxy groups -OCH3 is 1. The Balaban J connectivity index is 1.83. The van der Waals surface area contributed by atoms with E-state index in [9.17, 15) is 8.42 Å². The molecule has 1 aromatic rings. The second kappa shape index (κ2) is 12.8. The molecule has 29 heavy (non-hydrogen) atoms. The molecule has 0 saturated carbocycles. The first kappa shape index (κ1) is 23.6. The SMILES string of the molecule is CCNC(=NCc1ccc(S(=O)(=O)N2CCCC2)cc1)NCCCOCCOC. The van der Waals surface area contributed by atoms with Crippen LogP contribution >= 0.6 is 0 Å². The van der Waals surface area contributed by atoms with Crippen LogP contribution in [-0.4, -0.2) is 71.8 Å². The summed E-state index contributed by atoms with van der Waals surface area (Å²) in [5.74, 6) is 0.734. The molecule has 0 radical (unpaired) electrons. The van der Waals surface area contributed by atoms with Crippen molar-refractivity contribution in [3.8, 4) is 0 Å². The molecule has 1 aliphatic rings. The van der Waals surface area contributed by atoms with Gasteiger partial charge in [0.15, 0.2) is 5.96 Å². The van der Waals surface area contributed by atoms with Crippen LogP contribution in [-0.2, 0) is 26.0 Å². The molecule has 0 amide bonds. The van der Waals surface area contributed by atoms with Gasteiger partial charge in [-0.2, -0.15) is 4.31 Å². The van der Waals surface area contributed by atoms with Gasteiger partial charge in [0.1, 0.15) is 0 Å². The van der Waals surface area contributed by atoms with Crippen LogP contribution < -0.4 is 10.6 Å². The average Bonchev–Trinajstić information content (AvgIpc) is 3.27. The summed E-state index contributed by atoms with van der Waals surface area (Å²) in [6.45, 7) is 7.13. The highest BCUT2D eigenvalue weighted by Gasteiger charge is 2.26. The number of nitrogens with zero attached hydrogens (tertiary/aromatic N) is 2. The summed E-state index contributed by atoms with van der Waals surface area (Å²) in [4.78, 5) is 4.93. The van der Waals surface area contributed by atoms with E-state index in [1.54, 1.807) is 23.5 Å². The van der Waals surface area contributed by atoms with E-state index in [2.05, 4.69) is 15.6 Å². The molecule has 1 aromatic carbocycles. The lowest BCUT2D eigenvalue weighted by Gasteiger charge is -2.15. The fourth-order valence-corrected chi connectivity index (χ4v) is 4.50. The summed E-state index contributed by atoms with van der Waals surface area (Å²) < 4.78 is 37.1. The molecule has 0 aromatic heterocycles. The van der Waals surface area contributed by atoms with Gasteiger partial charge in [0.05, 0.1) is 24.7 Å². The quantitative estimate of drug-likeness (QED) is 0.300. The van der Waals surface area contributed by atoms with E-state index in [0.29, 0.717) is 44.4 Å². The van der Waals surface area contributed by atoms with E-state index in [4.69, 9.17) is 9.47 Å². The molecule has 2 N–H and O–H groups in total. The van der Waals surface area contributed by atoms with Gasteiger partial charge in [-0.25, -0.2) is 13.4 Å². The number of rotatable bonds is 12. The summed E-state index contributed by atoms with van der Waals surface area (Å²) in [5.41, 5.74) is 0.963. The molecule has 1 heterocycles. The van der Waals surface area contributed by atoms with Gasteiger partial charge in [-0.15, -0.1) is 0 Å². The van der Waals surface area contributed by atoms with Gasteiger partial charge < -0.3 is 20.1 Å². The largest absolute Gasteiger partial charge is 0.382 e. The Bertz CT molecular complexity index is 717. The van der Waals surface area contributed by atoms with Crippen LogP contribution in [0.5, 0.6) is 0 Å². The molecule has 164 valence electrons. The van der Waals surface area contributed by atoms with E-state index in [0.717, 1.165) is 43.9 Å². The summed E-state index contributed by atoms with van der Waals surface area (Å²) >= 11 is 0. The van der Waals surface area contributed by atoms with Crippen LogP contribution in [0.25, 0.3) is 0 Å². The van der Waals surface area contributed by atoms with Crippen LogP contribution in [0.3, 0.4) is 0 Å². The molecule has 9 heteroatoms. The normalized spacial score (nSPS) is 15.6. The third-order valence-corrected chi connectivity index (χ3v) is 6.49. The highest BCUT2D eigenvalue weighted by Crippen LogP contribution is 2.21. The third kappa shape index (κ3) is 7.93. The smallest absolute Gasteiger partial charge is 0.243 e. The Hall–Kier alpha value is -1.68. The second-order valence-electron chi connectivity index (χ2n) is 6.84. The Morgan fingerprint density at radius 2 is 1.83 bits per heavy atom. The molecule has 0 aliphatic carbocycles. The Morgan fingerprint density at radius 3 is 2.48 bits per heavy atom. The van der Waals surface area contributed by atoms with Crippen LogP contribution in [0, 0.1) is 0 Å². The van der Waals surface area contributed by atoms with Crippen LogP contribution in [0.2, 0.25) is 0 Å². The van der Waals surface area contributed by atoms with Gasteiger partial charge in [0.25, 0.3) is 0 Å². The molecule has 0 spiro atoms. The van der Waals surface area contributed by atoms with Crippen molar-refractivity contribution in [3.63, 3.8) is 0 Å². The fourth-order valence-electron chi connectivity index (χ4n) is 2.98. The van der Waals surface area contributed by atoms with Crippen molar-refractivity contribution in [1.82, 2.24) is 14.9 Å². The lowest BCUT2D eigenvalue weighted by atomic mass is 10.2. The molecule has 8 nitrogen and oxygen atoms in total. The number of aliphatic imine (C=N–C) groups is 1. The lowest BCUT2D eigenvalue weighted by molar-refractivity contribution is 0.0698. The number of guanidine groups is 1. The van der Waals surface area contributed by atoms with Gasteiger partial charge >= 0.3 is 0 Å². The monoisotopic (exact) mass is 426 g/mol. The standard InChI is InChI=1S/C20H34N4O4S/c1-3-21-20(22-11-6-14-28-16-15-27-2)23-17-18-7-9-19(10-8-18)29(25,26)24-12-4-5-13-24/h7-10H,3-6,11-17H2,1-2H3,(H2,21,22,23). The van der Waals surface area contributed by atoms with Crippen molar-refractivity contribution in [2.45, 2.75) is 37.6 Å². The molecule has 1 aliphatic heterocycles. The topological polar surface area (TPSA) is 92.3 Å². The van der Waals surface area contributed by atoms with Gasteiger partial charge in [-0.1, -0.05) is 12.1 Å². The molecule has 0 unspecified atom stereocenters. The minimum absolute atomic E-state index is 0.352. The third-order valence-electron chi connectivity index (χ3n) is 4.58. The van der Waals surface area contributed by atoms with Crippen molar-refractivity contribution in [2.75, 3.05) is 53.1 Å². The number of hydrogen-bond acceptors (Lipinski definition) is 5. The van der Waals surface area contributed by atoms with E-state index >= 15 is 0 Å². The van der Waals surface area contributed by atoms with Crippen LogP contribution in [0.15, 0.2) is 34.2 Å². The number of hydrogen-bond donors (Lipinski definition) is 2. The van der Waals surface area contributed by atoms with Gasteiger partial charge in [0, 0.05) is 39.9 Å². The molecule has 1 fully saturated rings. The first-order chi connectivity index (χ1) is 14.1. The Labute approximate surface area is 174 Å². The number of ether oxygens (including phenoxy) is 2. The van der Waals surface area contributed by atoms with Gasteiger partial charge in [-0.05, 0) is 43.9 Å². The summed E-state index contributed by atoms with van der Waals surface area (Å²) in [7, 11) is -1.71. The highest BCUT2D eigenvalue weighted by atomic mass is 32.2. The van der Waals surface area contributed by atoms with E-state index in [1.165, 1.54) is 0 Å². The number of nitrogens with one attached hydrogen (secondary N) is 2. The van der Waals surface area contributed by atoms with Gasteiger partial charge in [-0.3, -0.25) is 0 Å². The zero-order valence-electron chi connectivity index (χ0n) is 17.5. The van der Waals surface area contributed by atoms with E-state index < -0.39 is 10.0 Å². The maximum atomic E-state index is 12.6. The van der Waals surface area contributed by atoms with E-state index in [1.807, 2.05) is 19.1 Å². The highest BCUT2D eigenvalue weighted by molar-refractivity contribution is 7.89. The second-order valence-corrected chi connectivity index (χ2v) is 8.77. The molecular formula is C20H34N4O4S. The average molecular weight is 427 g/mol. The van der Waals surface area contributed by atoms with Crippen molar-refractivity contribution in [2.24, 2.45) is 4.99 Å². The predicted molar refractivity (Wildman–Crippen MR) is 115 cm³/mol. The van der Waals surface area contributed by atoms with Crippen molar-refractivity contribution in [1.29, 1.82) is 0 Å². The zero-order valence-corrected chi connectivity index (χ0v) is 18.3. The minimum atomic E-state index is -3.37. The number of sulfonamides is 1. The van der Waals surface area contributed by atoms with Crippen molar-refractivity contribution >= 4 is 16.0 Å². The summed E-state index contributed by atoms with van der Waals surface area (Å²) in [6.07, 6.45) is 2.74. The van der Waals surface area contributed by atoms with Crippen LogP contribution in [0.1, 0.15) is 31.7 Å². The predicted octanol–water partition coefficient (Wildman–Crippen LogP) is 1.58. The van der Waals surface area contributed by atoms with Crippen molar-refractivity contribution in [3.05, 3.63) is 29.8 Å². The first-order valence-electron chi connectivity index (χ1n) is 10.3. The maximum absolute atomic E-state index is 12.6. The molecule has 0 bridgehead atoms. The molecular weight excluding hydrogens is 392 g/mol.